The van der Waals surface area contributed by atoms with E-state index in [4.69, 9.17) is 0 Å². The molecule has 0 spiro atoms. The van der Waals surface area contributed by atoms with Crippen molar-refractivity contribution in [1.82, 2.24) is 4.98 Å². The molecule has 2 heterocycles. The minimum absolute atomic E-state index is 0.0101. The third-order valence-electron chi connectivity index (χ3n) is 3.68. The van der Waals surface area contributed by atoms with Crippen LogP contribution in [0.1, 0.15) is 19.5 Å². The number of hydrogen-bond acceptors (Lipinski definition) is 4. The van der Waals surface area contributed by atoms with Gasteiger partial charge in [-0.3, -0.25) is 4.98 Å². The number of hydrogen-bond donors (Lipinski definition) is 1. The molecular weight excluding hydrogens is 268 g/mol. The second kappa shape index (κ2) is 5.26. The summed E-state index contributed by atoms with van der Waals surface area (Å²) in [7, 11) is 0. The van der Waals surface area contributed by atoms with Crippen LogP contribution in [0.15, 0.2) is 30.3 Å². The van der Waals surface area contributed by atoms with Gasteiger partial charge in [0.05, 0.1) is 17.8 Å². The lowest BCUT2D eigenvalue weighted by Gasteiger charge is -2.39. The number of fused-ring (bicyclic) bond motifs is 1. The van der Waals surface area contributed by atoms with Crippen molar-refractivity contribution < 1.29 is 5.11 Å². The molecule has 1 aromatic heterocycles. The topological polar surface area (TPSA) is 36.4 Å². The van der Waals surface area contributed by atoms with E-state index in [0.717, 1.165) is 30.1 Å². The number of benzene rings is 1. The van der Waals surface area contributed by atoms with Crippen molar-refractivity contribution in [3.63, 3.8) is 0 Å². The Morgan fingerprint density at radius 1 is 1.35 bits per heavy atom. The molecule has 4 heteroatoms. The van der Waals surface area contributed by atoms with Crippen LogP contribution in [0.5, 0.6) is 0 Å². The van der Waals surface area contributed by atoms with Crippen molar-refractivity contribution in [1.29, 1.82) is 0 Å². The fraction of sp³-hybridized carbons (Fsp3) is 0.438. The van der Waals surface area contributed by atoms with Crippen LogP contribution in [0.4, 0.5) is 5.69 Å². The zero-order valence-corrected chi connectivity index (χ0v) is 12.8. The highest BCUT2D eigenvalue weighted by molar-refractivity contribution is 8.00. The van der Waals surface area contributed by atoms with Crippen molar-refractivity contribution in [2.45, 2.75) is 25.2 Å². The monoisotopic (exact) mass is 288 g/mol. The smallest absolute Gasteiger partial charge is 0.0854 e. The van der Waals surface area contributed by atoms with Gasteiger partial charge < -0.3 is 10.0 Å². The standard InChI is InChI=1S/C16H20N2OS/c1-16(2)11-18(7-8-20-16)15-9-12(10-19)17-14-6-4-3-5-13(14)15/h3-6,9,19H,7-8,10-11H2,1-2H3. The molecule has 3 rings (SSSR count). The van der Waals surface area contributed by atoms with Crippen molar-refractivity contribution in [3.05, 3.63) is 36.0 Å². The van der Waals surface area contributed by atoms with Crippen LogP contribution >= 0.6 is 11.8 Å². The second-order valence-electron chi connectivity index (χ2n) is 5.84. The number of anilines is 1. The lowest BCUT2D eigenvalue weighted by atomic mass is 10.1. The zero-order valence-electron chi connectivity index (χ0n) is 12.0. The van der Waals surface area contributed by atoms with Gasteiger partial charge in [0, 0.05) is 34.7 Å². The van der Waals surface area contributed by atoms with Gasteiger partial charge in [-0.1, -0.05) is 18.2 Å². The first-order valence-corrected chi connectivity index (χ1v) is 7.96. The molecule has 0 amide bonds. The number of thioether (sulfide) groups is 1. The van der Waals surface area contributed by atoms with E-state index in [1.165, 1.54) is 11.1 Å². The molecule has 0 radical (unpaired) electrons. The van der Waals surface area contributed by atoms with Gasteiger partial charge in [0.2, 0.25) is 0 Å². The summed E-state index contributed by atoms with van der Waals surface area (Å²) in [6.45, 7) is 6.65. The predicted molar refractivity (Wildman–Crippen MR) is 86.4 cm³/mol. The second-order valence-corrected chi connectivity index (χ2v) is 7.64. The maximum Gasteiger partial charge on any atom is 0.0854 e. The molecular formula is C16H20N2OS. The minimum atomic E-state index is -0.0101. The van der Waals surface area contributed by atoms with Crippen LogP contribution in [0, 0.1) is 0 Å². The van der Waals surface area contributed by atoms with E-state index in [2.05, 4.69) is 35.9 Å². The summed E-state index contributed by atoms with van der Waals surface area (Å²) in [6.07, 6.45) is 0. The van der Waals surface area contributed by atoms with Gasteiger partial charge in [-0.15, -0.1) is 0 Å². The summed E-state index contributed by atoms with van der Waals surface area (Å²) < 4.78 is 0.266. The molecule has 1 aromatic carbocycles. The summed E-state index contributed by atoms with van der Waals surface area (Å²) in [5, 5.41) is 10.6. The Labute approximate surface area is 124 Å². The summed E-state index contributed by atoms with van der Waals surface area (Å²) in [4.78, 5) is 6.93. The first-order chi connectivity index (χ1) is 9.59. The Balaban J connectivity index is 2.09. The number of rotatable bonds is 2. The number of pyridine rings is 1. The number of para-hydroxylation sites is 1. The van der Waals surface area contributed by atoms with Gasteiger partial charge >= 0.3 is 0 Å². The largest absolute Gasteiger partial charge is 0.390 e. The van der Waals surface area contributed by atoms with Crippen LogP contribution in [0.2, 0.25) is 0 Å². The highest BCUT2D eigenvalue weighted by atomic mass is 32.2. The number of aromatic nitrogens is 1. The third-order valence-corrected chi connectivity index (χ3v) is 4.97. The summed E-state index contributed by atoms with van der Waals surface area (Å²) in [5.41, 5.74) is 2.91. The van der Waals surface area contributed by atoms with Gasteiger partial charge in [-0.2, -0.15) is 11.8 Å². The van der Waals surface area contributed by atoms with Crippen molar-refractivity contribution in [2.75, 3.05) is 23.7 Å². The van der Waals surface area contributed by atoms with E-state index in [1.807, 2.05) is 30.0 Å². The molecule has 0 saturated carbocycles. The molecule has 0 aliphatic carbocycles. The molecule has 106 valence electrons. The molecule has 0 unspecified atom stereocenters. The summed E-state index contributed by atoms with van der Waals surface area (Å²) >= 11 is 2.03. The van der Waals surface area contributed by atoms with Gasteiger partial charge in [0.15, 0.2) is 0 Å². The fourth-order valence-electron chi connectivity index (χ4n) is 2.78. The molecule has 20 heavy (non-hydrogen) atoms. The maximum absolute atomic E-state index is 9.44. The summed E-state index contributed by atoms with van der Waals surface area (Å²) in [5.74, 6) is 1.14. The highest BCUT2D eigenvalue weighted by Gasteiger charge is 2.28. The zero-order chi connectivity index (χ0) is 14.2. The average molecular weight is 288 g/mol. The highest BCUT2D eigenvalue weighted by Crippen LogP contribution is 2.35. The van der Waals surface area contributed by atoms with Gasteiger partial charge in [0.25, 0.3) is 0 Å². The normalized spacial score (nSPS) is 18.4. The molecule has 1 N–H and O–H groups in total. The first kappa shape index (κ1) is 13.7. The SMILES string of the molecule is CC1(C)CN(c2cc(CO)nc3ccccc23)CCS1. The Hall–Kier alpha value is -1.26. The first-order valence-electron chi connectivity index (χ1n) is 6.97. The number of aliphatic hydroxyl groups is 1. The van der Waals surface area contributed by atoms with Crippen LogP contribution in [0.25, 0.3) is 10.9 Å². The molecule has 1 aliphatic rings. The quantitative estimate of drug-likeness (QED) is 0.921. The van der Waals surface area contributed by atoms with Crippen LogP contribution in [-0.2, 0) is 6.61 Å². The van der Waals surface area contributed by atoms with E-state index in [9.17, 15) is 5.11 Å². The molecule has 1 fully saturated rings. The molecule has 0 atom stereocenters. The average Bonchev–Trinajstić information content (AvgIpc) is 2.45. The van der Waals surface area contributed by atoms with Gasteiger partial charge in [-0.25, -0.2) is 0 Å². The number of nitrogens with zero attached hydrogens (tertiary/aromatic N) is 2. The van der Waals surface area contributed by atoms with Crippen LogP contribution in [-0.4, -0.2) is 33.7 Å². The predicted octanol–water partition coefficient (Wildman–Crippen LogP) is 3.06. The molecule has 3 nitrogen and oxygen atoms in total. The van der Waals surface area contributed by atoms with E-state index in [1.54, 1.807) is 0 Å². The Kier molecular flexibility index (Phi) is 3.61. The lowest BCUT2D eigenvalue weighted by molar-refractivity contribution is 0.277. The lowest BCUT2D eigenvalue weighted by Crippen LogP contribution is -2.43. The molecule has 0 bridgehead atoms. The van der Waals surface area contributed by atoms with E-state index in [-0.39, 0.29) is 11.4 Å². The van der Waals surface area contributed by atoms with Crippen molar-refractivity contribution in [3.8, 4) is 0 Å². The van der Waals surface area contributed by atoms with E-state index >= 15 is 0 Å². The number of aliphatic hydroxyl groups excluding tert-OH is 1. The van der Waals surface area contributed by atoms with Crippen molar-refractivity contribution >= 4 is 28.4 Å². The van der Waals surface area contributed by atoms with Crippen LogP contribution < -0.4 is 4.90 Å². The van der Waals surface area contributed by atoms with Crippen LogP contribution in [0.3, 0.4) is 0 Å². The van der Waals surface area contributed by atoms with Crippen molar-refractivity contribution in [2.24, 2.45) is 0 Å². The third kappa shape index (κ3) is 2.63. The van der Waals surface area contributed by atoms with Gasteiger partial charge in [-0.05, 0) is 26.0 Å². The Morgan fingerprint density at radius 3 is 2.90 bits per heavy atom. The van der Waals surface area contributed by atoms with E-state index in [0.29, 0.717) is 0 Å². The molecule has 1 saturated heterocycles. The Morgan fingerprint density at radius 2 is 2.15 bits per heavy atom. The maximum atomic E-state index is 9.44. The minimum Gasteiger partial charge on any atom is -0.390 e. The fourth-order valence-corrected chi connectivity index (χ4v) is 3.89. The molecule has 1 aliphatic heterocycles. The summed E-state index contributed by atoms with van der Waals surface area (Å²) in [6, 6.07) is 10.2. The van der Waals surface area contributed by atoms with E-state index < -0.39 is 0 Å². The molecule has 2 aromatic rings. The Bertz CT molecular complexity index is 627. The van der Waals surface area contributed by atoms with Gasteiger partial charge in [0.1, 0.15) is 0 Å².